The van der Waals surface area contributed by atoms with Gasteiger partial charge in [0.15, 0.2) is 0 Å². The van der Waals surface area contributed by atoms with Gasteiger partial charge in [0.2, 0.25) is 0 Å². The van der Waals surface area contributed by atoms with Crippen molar-refractivity contribution in [3.05, 3.63) is 34.8 Å². The summed E-state index contributed by atoms with van der Waals surface area (Å²) in [6.07, 6.45) is -1.40. The number of rotatable bonds is 4. The number of ether oxygens (including phenoxy) is 1. The minimum absolute atomic E-state index is 0.0192. The van der Waals surface area contributed by atoms with E-state index in [2.05, 4.69) is 10.2 Å². The first-order valence-electron chi connectivity index (χ1n) is 8.50. The van der Waals surface area contributed by atoms with Gasteiger partial charge < -0.3 is 15.0 Å². The Bertz CT molecular complexity index is 887. The van der Waals surface area contributed by atoms with Gasteiger partial charge in [0.05, 0.1) is 12.2 Å². The largest absolute Gasteiger partial charge is 0.466 e. The Balaban J connectivity index is 2.07. The van der Waals surface area contributed by atoms with Gasteiger partial charge in [0, 0.05) is 47.5 Å². The average Bonchev–Trinajstić information content (AvgIpc) is 2.81. The van der Waals surface area contributed by atoms with E-state index in [-0.39, 0.29) is 17.2 Å². The Morgan fingerprint density at radius 3 is 2.69 bits per heavy atom. The second kappa shape index (κ2) is 6.70. The van der Waals surface area contributed by atoms with Crippen molar-refractivity contribution in [3.8, 4) is 0 Å². The molecule has 1 aromatic rings. The SMILES string of the molecule is CC(=O)OCCCN1c2ccc3c(c2=C(C)C1C)=C(C(F)(F)F)C=CN3. The van der Waals surface area contributed by atoms with E-state index < -0.39 is 11.7 Å². The standard InChI is InChI=1S/C19H21F3N2O2/c1-11-12(2)24(9-4-10-26-13(3)25)16-6-5-15-18(17(11)16)14(7-8-23-15)19(20,21)22/h5-8,12,23H,4,9-10H2,1-3H3. The number of hydrogen-bond acceptors (Lipinski definition) is 4. The second-order valence-electron chi connectivity index (χ2n) is 6.52. The highest BCUT2D eigenvalue weighted by atomic mass is 19.4. The number of allylic oxidation sites excluding steroid dienone is 1. The normalized spacial score (nSPS) is 18.5. The number of nitrogens with zero attached hydrogens (tertiary/aromatic N) is 1. The predicted octanol–water partition coefficient (Wildman–Crippen LogP) is 2.67. The molecule has 26 heavy (non-hydrogen) atoms. The zero-order valence-electron chi connectivity index (χ0n) is 14.9. The summed E-state index contributed by atoms with van der Waals surface area (Å²) in [5, 5.41) is 3.78. The van der Waals surface area contributed by atoms with Crippen LogP contribution in [0.1, 0.15) is 27.2 Å². The van der Waals surface area contributed by atoms with E-state index >= 15 is 0 Å². The molecule has 1 aromatic carbocycles. The maximum Gasteiger partial charge on any atom is 0.417 e. The molecule has 2 aliphatic rings. The fraction of sp³-hybridized carbons (Fsp3) is 0.421. The van der Waals surface area contributed by atoms with Crippen molar-refractivity contribution in [2.24, 2.45) is 0 Å². The Labute approximate surface area is 149 Å². The summed E-state index contributed by atoms with van der Waals surface area (Å²) in [4.78, 5) is 13.0. The summed E-state index contributed by atoms with van der Waals surface area (Å²) in [5.41, 5.74) is 1.53. The van der Waals surface area contributed by atoms with Gasteiger partial charge in [0.25, 0.3) is 0 Å². The summed E-state index contributed by atoms with van der Waals surface area (Å²) >= 11 is 0. The molecule has 0 saturated heterocycles. The summed E-state index contributed by atoms with van der Waals surface area (Å²) in [6.45, 7) is 6.10. The third-order valence-electron chi connectivity index (χ3n) is 4.89. The number of esters is 1. The van der Waals surface area contributed by atoms with Crippen molar-refractivity contribution in [2.45, 2.75) is 39.4 Å². The van der Waals surface area contributed by atoms with E-state index in [1.807, 2.05) is 19.9 Å². The van der Waals surface area contributed by atoms with Crippen LogP contribution in [-0.4, -0.2) is 31.3 Å². The molecule has 0 aromatic heterocycles. The monoisotopic (exact) mass is 366 g/mol. The fourth-order valence-electron chi connectivity index (χ4n) is 3.58. The lowest BCUT2D eigenvalue weighted by molar-refractivity contribution is -0.140. The lowest BCUT2D eigenvalue weighted by atomic mass is 10.0. The van der Waals surface area contributed by atoms with Crippen LogP contribution >= 0.6 is 0 Å². The first kappa shape index (κ1) is 18.4. The van der Waals surface area contributed by atoms with Gasteiger partial charge in [-0.25, -0.2) is 0 Å². The molecule has 0 radical (unpaired) electrons. The van der Waals surface area contributed by atoms with Gasteiger partial charge in [-0.1, -0.05) is 0 Å². The summed E-state index contributed by atoms with van der Waals surface area (Å²) < 4.78 is 45.6. The number of carbonyl (C=O) groups is 1. The summed E-state index contributed by atoms with van der Waals surface area (Å²) in [7, 11) is 0. The Kier molecular flexibility index (Phi) is 4.73. The highest BCUT2D eigenvalue weighted by molar-refractivity contribution is 5.79. The first-order chi connectivity index (χ1) is 12.2. The van der Waals surface area contributed by atoms with Gasteiger partial charge in [-0.15, -0.1) is 0 Å². The molecule has 0 fully saturated rings. The van der Waals surface area contributed by atoms with E-state index in [0.29, 0.717) is 30.5 Å². The van der Waals surface area contributed by atoms with Crippen LogP contribution in [0.4, 0.5) is 24.5 Å². The summed E-state index contributed by atoms with van der Waals surface area (Å²) in [6, 6.07) is 3.52. The molecule has 0 bridgehead atoms. The second-order valence-corrected chi connectivity index (χ2v) is 6.52. The number of anilines is 2. The molecular formula is C19H21F3N2O2. The molecule has 0 aliphatic carbocycles. The quantitative estimate of drug-likeness (QED) is 0.657. The number of fused-ring (bicyclic) bond motifs is 3. The summed E-state index contributed by atoms with van der Waals surface area (Å²) in [5.74, 6) is -0.334. The lowest BCUT2D eigenvalue weighted by Gasteiger charge is -2.27. The molecule has 1 atom stereocenters. The van der Waals surface area contributed by atoms with Crippen LogP contribution in [0, 0.1) is 0 Å². The van der Waals surface area contributed by atoms with Crippen molar-refractivity contribution in [1.82, 2.24) is 0 Å². The minimum atomic E-state index is -4.42. The molecule has 0 amide bonds. The van der Waals surface area contributed by atoms with Crippen LogP contribution in [0.15, 0.2) is 24.4 Å². The molecule has 3 rings (SSSR count). The third kappa shape index (κ3) is 3.18. The number of nitrogens with one attached hydrogen (secondary N) is 1. The van der Waals surface area contributed by atoms with Crippen molar-refractivity contribution in [2.75, 3.05) is 23.4 Å². The van der Waals surface area contributed by atoms with E-state index in [4.69, 9.17) is 4.74 Å². The number of alkyl halides is 3. The number of carbonyl (C=O) groups excluding carboxylic acids is 1. The van der Waals surface area contributed by atoms with Crippen LogP contribution in [0.5, 0.6) is 0 Å². The zero-order chi connectivity index (χ0) is 19.1. The highest BCUT2D eigenvalue weighted by Gasteiger charge is 2.36. The smallest absolute Gasteiger partial charge is 0.417 e. The fourth-order valence-corrected chi connectivity index (χ4v) is 3.58. The van der Waals surface area contributed by atoms with Crippen LogP contribution in [0.2, 0.25) is 0 Å². The molecule has 140 valence electrons. The van der Waals surface area contributed by atoms with Crippen LogP contribution < -0.4 is 20.7 Å². The first-order valence-corrected chi connectivity index (χ1v) is 8.50. The molecule has 4 nitrogen and oxygen atoms in total. The molecule has 7 heteroatoms. The van der Waals surface area contributed by atoms with Gasteiger partial charge in [-0.2, -0.15) is 13.2 Å². The molecule has 1 N–H and O–H groups in total. The molecule has 0 spiro atoms. The van der Waals surface area contributed by atoms with Gasteiger partial charge in [-0.3, -0.25) is 4.79 Å². The number of hydrogen-bond donors (Lipinski definition) is 1. The van der Waals surface area contributed by atoms with E-state index in [1.165, 1.54) is 13.1 Å². The van der Waals surface area contributed by atoms with Crippen LogP contribution in [0.3, 0.4) is 0 Å². The van der Waals surface area contributed by atoms with Crippen LogP contribution in [0.25, 0.3) is 11.1 Å². The molecule has 2 aliphatic heterocycles. The Morgan fingerprint density at radius 2 is 2.04 bits per heavy atom. The van der Waals surface area contributed by atoms with E-state index in [1.54, 1.807) is 6.07 Å². The molecule has 1 unspecified atom stereocenters. The molecular weight excluding hydrogens is 345 g/mol. The number of halogens is 3. The highest BCUT2D eigenvalue weighted by Crippen LogP contribution is 2.31. The van der Waals surface area contributed by atoms with Gasteiger partial charge in [-0.05, 0) is 44.1 Å². The zero-order valence-corrected chi connectivity index (χ0v) is 14.9. The maximum atomic E-state index is 13.5. The molecule has 0 saturated carbocycles. The Morgan fingerprint density at radius 1 is 1.31 bits per heavy atom. The maximum absolute atomic E-state index is 13.5. The van der Waals surface area contributed by atoms with Gasteiger partial charge >= 0.3 is 12.1 Å². The van der Waals surface area contributed by atoms with Crippen molar-refractivity contribution >= 4 is 28.5 Å². The number of benzene rings is 1. The minimum Gasteiger partial charge on any atom is -0.466 e. The molecule has 2 heterocycles. The third-order valence-corrected chi connectivity index (χ3v) is 4.89. The van der Waals surface area contributed by atoms with Crippen molar-refractivity contribution < 1.29 is 22.7 Å². The Hall–Kier alpha value is -2.44. The topological polar surface area (TPSA) is 41.6 Å². The van der Waals surface area contributed by atoms with Crippen LogP contribution in [-0.2, 0) is 9.53 Å². The van der Waals surface area contributed by atoms with E-state index in [0.717, 1.165) is 17.3 Å². The average molecular weight is 366 g/mol. The van der Waals surface area contributed by atoms with E-state index in [9.17, 15) is 18.0 Å². The van der Waals surface area contributed by atoms with Crippen molar-refractivity contribution in [3.63, 3.8) is 0 Å². The van der Waals surface area contributed by atoms with Crippen molar-refractivity contribution in [1.29, 1.82) is 0 Å². The predicted molar refractivity (Wildman–Crippen MR) is 95.1 cm³/mol. The lowest BCUT2D eigenvalue weighted by Crippen LogP contribution is -2.37. The van der Waals surface area contributed by atoms with Gasteiger partial charge in [0.1, 0.15) is 0 Å².